The molecule has 0 bridgehead atoms. The van der Waals surface area contributed by atoms with E-state index in [4.69, 9.17) is 11.5 Å². The monoisotopic (exact) mass is 949 g/mol. The van der Waals surface area contributed by atoms with Gasteiger partial charge in [-0.15, -0.1) is 0 Å². The van der Waals surface area contributed by atoms with Crippen LogP contribution in [0.2, 0.25) is 0 Å². The average molecular weight is 950 g/mol. The SMILES string of the molecule is CNCC(=O)N[C@@H](CCCN=C(N)N)C(=O)N[C@H](C(=O)N[C@@H](Cc1ccc(O)cc1)C(=O)N[C@@H](Cc1cnc[nH]1)C(=O)N[C@@H](Cc1cnc[nH]1)C(=O)N1CCC[C@H]1C(=O)N[C@@H](C)C(=O)O)C(C)C. The third kappa shape index (κ3) is 16.4. The number of nitrogens with one attached hydrogen (secondary N) is 9. The number of guanidine groups is 1. The van der Waals surface area contributed by atoms with E-state index in [0.29, 0.717) is 29.8 Å². The molecule has 3 aromatic rings. The van der Waals surface area contributed by atoms with E-state index in [1.54, 1.807) is 33.0 Å². The molecule has 0 spiro atoms. The number of rotatable bonds is 26. The molecule has 1 aliphatic heterocycles. The number of H-pyrrole nitrogens is 2. The second-order valence-corrected chi connectivity index (χ2v) is 16.7. The number of nitrogens with two attached hydrogens (primary N) is 2. The van der Waals surface area contributed by atoms with Crippen molar-refractivity contribution in [3.8, 4) is 5.75 Å². The largest absolute Gasteiger partial charge is 0.508 e. The van der Waals surface area contributed by atoms with Gasteiger partial charge in [0.05, 0.1) is 19.2 Å². The number of aromatic nitrogens is 4. The summed E-state index contributed by atoms with van der Waals surface area (Å²) in [6, 6.07) is -2.81. The lowest BCUT2D eigenvalue weighted by atomic mass is 9.99. The predicted octanol–water partition coefficient (Wildman–Crippen LogP) is -3.20. The van der Waals surface area contributed by atoms with Gasteiger partial charge in [-0.1, -0.05) is 26.0 Å². The predicted molar refractivity (Wildman–Crippen MR) is 245 cm³/mol. The van der Waals surface area contributed by atoms with Crippen LogP contribution < -0.4 is 48.7 Å². The van der Waals surface area contributed by atoms with Crippen molar-refractivity contribution in [2.75, 3.05) is 26.7 Å². The number of aliphatic imine (C=N–C) groups is 1. The number of carbonyl (C=O) groups excluding carboxylic acids is 7. The minimum Gasteiger partial charge on any atom is -0.508 e. The van der Waals surface area contributed by atoms with E-state index in [1.807, 2.05) is 0 Å². The number of aromatic amines is 2. The van der Waals surface area contributed by atoms with Crippen LogP contribution in [0.25, 0.3) is 0 Å². The van der Waals surface area contributed by atoms with Crippen molar-refractivity contribution in [2.45, 2.75) is 108 Å². The minimum absolute atomic E-state index is 0.0535. The second-order valence-electron chi connectivity index (χ2n) is 16.7. The Hall–Kier alpha value is -7.57. The Labute approximate surface area is 392 Å². The molecule has 1 aromatic carbocycles. The van der Waals surface area contributed by atoms with E-state index in [9.17, 15) is 48.6 Å². The van der Waals surface area contributed by atoms with Crippen molar-refractivity contribution in [3.63, 3.8) is 0 Å². The van der Waals surface area contributed by atoms with Crippen LogP contribution in [0.4, 0.5) is 0 Å². The van der Waals surface area contributed by atoms with Gasteiger partial charge in [-0.3, -0.25) is 43.3 Å². The van der Waals surface area contributed by atoms with E-state index < -0.39 is 95.5 Å². The summed E-state index contributed by atoms with van der Waals surface area (Å²) < 4.78 is 0. The molecule has 7 amide bonds. The molecule has 68 heavy (non-hydrogen) atoms. The molecule has 0 radical (unpaired) electrons. The molecule has 0 saturated carbocycles. The number of benzene rings is 1. The second kappa shape index (κ2) is 25.9. The Morgan fingerprint density at radius 2 is 1.35 bits per heavy atom. The molecule has 2 aromatic heterocycles. The number of nitrogens with zero attached hydrogens (tertiary/aromatic N) is 4. The van der Waals surface area contributed by atoms with Gasteiger partial charge in [0.1, 0.15) is 48.0 Å². The van der Waals surface area contributed by atoms with Gasteiger partial charge in [0, 0.05) is 56.1 Å². The van der Waals surface area contributed by atoms with Crippen LogP contribution in [0.3, 0.4) is 0 Å². The van der Waals surface area contributed by atoms with Crippen molar-refractivity contribution < 1.29 is 48.6 Å². The van der Waals surface area contributed by atoms with E-state index >= 15 is 0 Å². The van der Waals surface area contributed by atoms with E-state index in [-0.39, 0.29) is 63.4 Å². The van der Waals surface area contributed by atoms with Gasteiger partial charge in [0.15, 0.2) is 5.96 Å². The van der Waals surface area contributed by atoms with Gasteiger partial charge in [-0.2, -0.15) is 0 Å². The van der Waals surface area contributed by atoms with Crippen molar-refractivity contribution in [1.82, 2.24) is 62.1 Å². The number of phenolic OH excluding ortho intramolecular Hbond substituents is 1. The van der Waals surface area contributed by atoms with Crippen LogP contribution >= 0.6 is 0 Å². The highest BCUT2D eigenvalue weighted by Crippen LogP contribution is 2.20. The lowest BCUT2D eigenvalue weighted by Crippen LogP contribution is -2.61. The Morgan fingerprint density at radius 3 is 1.91 bits per heavy atom. The third-order valence-electron chi connectivity index (χ3n) is 11.0. The first kappa shape index (κ1) is 53.0. The first-order chi connectivity index (χ1) is 32.4. The highest BCUT2D eigenvalue weighted by atomic mass is 16.4. The number of carboxylic acids is 1. The van der Waals surface area contributed by atoms with Crippen LogP contribution in [0.1, 0.15) is 63.4 Å². The summed E-state index contributed by atoms with van der Waals surface area (Å²) in [5, 5.41) is 38.0. The van der Waals surface area contributed by atoms with Crippen molar-refractivity contribution in [1.29, 1.82) is 0 Å². The molecule has 1 aliphatic rings. The maximum Gasteiger partial charge on any atom is 0.325 e. The van der Waals surface area contributed by atoms with Gasteiger partial charge in [0.2, 0.25) is 41.4 Å². The number of hydrogen-bond acceptors (Lipinski definition) is 13. The van der Waals surface area contributed by atoms with Gasteiger partial charge in [-0.05, 0) is 63.3 Å². The molecule has 25 nitrogen and oxygen atoms in total. The summed E-state index contributed by atoms with van der Waals surface area (Å²) >= 11 is 0. The van der Waals surface area contributed by atoms with Gasteiger partial charge in [-0.25, -0.2) is 9.97 Å². The smallest absolute Gasteiger partial charge is 0.325 e. The first-order valence-corrected chi connectivity index (χ1v) is 22.1. The van der Waals surface area contributed by atoms with Crippen LogP contribution in [0.15, 0.2) is 54.3 Å². The topological polar surface area (TPSA) is 386 Å². The fourth-order valence-corrected chi connectivity index (χ4v) is 7.37. The molecule has 1 saturated heterocycles. The van der Waals surface area contributed by atoms with Crippen molar-refractivity contribution in [2.24, 2.45) is 22.4 Å². The van der Waals surface area contributed by atoms with Gasteiger partial charge < -0.3 is 73.8 Å². The quantitative estimate of drug-likeness (QED) is 0.0214. The Balaban J connectivity index is 1.62. The summed E-state index contributed by atoms with van der Waals surface area (Å²) in [5.41, 5.74) is 12.2. The Bertz CT molecular complexity index is 2200. The molecule has 0 unspecified atom stereocenters. The molecule has 1 fully saturated rings. The summed E-state index contributed by atoms with van der Waals surface area (Å²) in [6.45, 7) is 4.87. The molecule has 15 N–H and O–H groups in total. The number of imidazole rings is 2. The summed E-state index contributed by atoms with van der Waals surface area (Å²) in [5.74, 6) is -6.90. The zero-order chi connectivity index (χ0) is 49.9. The number of carbonyl (C=O) groups is 8. The number of amides is 7. The summed E-state index contributed by atoms with van der Waals surface area (Å²) in [4.78, 5) is 128. The molecule has 7 atom stereocenters. The standard InChI is InChI=1S/C43H63N15O10/c1-23(2)35(57-36(61)29(53-34(60)20-46-4)7-5-13-49-43(44)45)40(65)55-30(15-25-9-11-28(59)12-10-25)37(62)54-31(16-26-18-47-21-50-26)38(63)56-32(17-27-19-48-22-51-27)41(66)58-14-6-8-33(58)39(64)52-24(3)42(67)68/h9-12,18-19,21-24,29-33,35,46,59H,5-8,13-17,20H2,1-4H3,(H,47,50)(H,48,51)(H,52,64)(H,53,60)(H,54,62)(H,55,65)(H,56,63)(H,57,61)(H,67,68)(H4,44,45,49)/t24-,29-,30-,31-,32-,33-,35-/m0/s1. The maximum atomic E-state index is 14.5. The van der Waals surface area contributed by atoms with Crippen LogP contribution in [-0.2, 0) is 57.6 Å². The number of aliphatic carboxylic acids is 1. The van der Waals surface area contributed by atoms with Gasteiger partial charge in [0.25, 0.3) is 0 Å². The lowest BCUT2D eigenvalue weighted by molar-refractivity contribution is -0.144. The third-order valence-corrected chi connectivity index (χ3v) is 11.0. The number of likely N-dealkylation sites (tertiary alicyclic amines) is 1. The molecule has 25 heteroatoms. The molecule has 0 aliphatic carbocycles. The van der Waals surface area contributed by atoms with Crippen LogP contribution in [0, 0.1) is 5.92 Å². The molecular weight excluding hydrogens is 887 g/mol. The number of likely N-dealkylation sites (N-methyl/N-ethyl adjacent to an activating group) is 1. The van der Waals surface area contributed by atoms with E-state index in [2.05, 4.69) is 62.1 Å². The van der Waals surface area contributed by atoms with Gasteiger partial charge >= 0.3 is 5.97 Å². The van der Waals surface area contributed by atoms with Crippen LogP contribution in [-0.4, -0.2) is 157 Å². The molecule has 370 valence electrons. The van der Waals surface area contributed by atoms with Crippen LogP contribution in [0.5, 0.6) is 5.75 Å². The zero-order valence-electron chi connectivity index (χ0n) is 38.4. The highest BCUT2D eigenvalue weighted by Gasteiger charge is 2.40. The molecule has 4 rings (SSSR count). The number of phenols is 1. The number of carboxylic acid groups (broad SMARTS) is 1. The van der Waals surface area contributed by atoms with E-state index in [1.165, 1.54) is 49.0 Å². The summed E-state index contributed by atoms with van der Waals surface area (Å²) in [7, 11) is 1.56. The minimum atomic E-state index is -1.41. The van der Waals surface area contributed by atoms with Crippen molar-refractivity contribution in [3.05, 3.63) is 66.3 Å². The van der Waals surface area contributed by atoms with Crippen molar-refractivity contribution >= 4 is 53.3 Å². The zero-order valence-corrected chi connectivity index (χ0v) is 38.4. The Kier molecular flexibility index (Phi) is 20.2. The normalized spacial score (nSPS) is 16.0. The molecule has 3 heterocycles. The molecular formula is C43H63N15O10. The average Bonchev–Trinajstić information content (AvgIpc) is 4.11. The van der Waals surface area contributed by atoms with E-state index in [0.717, 1.165) is 0 Å². The highest BCUT2D eigenvalue weighted by molar-refractivity contribution is 5.98. The first-order valence-electron chi connectivity index (χ1n) is 22.1. The Morgan fingerprint density at radius 1 is 0.779 bits per heavy atom. The lowest BCUT2D eigenvalue weighted by Gasteiger charge is -2.30. The maximum absolute atomic E-state index is 14.5. The number of hydrogen-bond donors (Lipinski definition) is 13. The number of aromatic hydroxyl groups is 1. The fourth-order valence-electron chi connectivity index (χ4n) is 7.37. The fraction of sp³-hybridized carbons (Fsp3) is 0.512. The summed E-state index contributed by atoms with van der Waals surface area (Å²) in [6.07, 6.45) is 6.32.